The number of benzene rings is 1. The number of hydrogen-bond donors (Lipinski definition) is 2. The van der Waals surface area contributed by atoms with Gasteiger partial charge in [-0.1, -0.05) is 12.1 Å². The average molecular weight is 412 g/mol. The number of thioether (sulfide) groups is 1. The van der Waals surface area contributed by atoms with Gasteiger partial charge in [0.25, 0.3) is 5.91 Å². The van der Waals surface area contributed by atoms with Crippen LogP contribution in [0.4, 0.5) is 5.69 Å². The van der Waals surface area contributed by atoms with Crippen LogP contribution in [0.2, 0.25) is 0 Å². The Labute approximate surface area is 161 Å². The van der Waals surface area contributed by atoms with E-state index in [4.69, 9.17) is 4.74 Å². The van der Waals surface area contributed by atoms with Crippen LogP contribution in [0.3, 0.4) is 0 Å². The molecular weight excluding hydrogens is 392 g/mol. The molecule has 2 N–H and O–H groups in total. The molecule has 0 spiro atoms. The molecule has 1 aromatic rings. The van der Waals surface area contributed by atoms with Crippen molar-refractivity contribution >= 4 is 45.1 Å². The number of anilines is 1. The van der Waals surface area contributed by atoms with E-state index < -0.39 is 39.1 Å². The van der Waals surface area contributed by atoms with Gasteiger partial charge in [0, 0.05) is 4.90 Å². The number of rotatable bonds is 5. The third-order valence-electron chi connectivity index (χ3n) is 4.37. The predicted molar refractivity (Wildman–Crippen MR) is 100 cm³/mol. The van der Waals surface area contributed by atoms with Gasteiger partial charge < -0.3 is 15.4 Å². The molecule has 2 heterocycles. The number of nitrogens with one attached hydrogen (secondary N) is 2. The molecule has 0 unspecified atom stereocenters. The maximum Gasteiger partial charge on any atom is 0.307 e. The van der Waals surface area contributed by atoms with Crippen molar-refractivity contribution in [2.24, 2.45) is 0 Å². The van der Waals surface area contributed by atoms with Crippen LogP contribution in [0.15, 0.2) is 29.2 Å². The van der Waals surface area contributed by atoms with Crippen molar-refractivity contribution in [2.45, 2.75) is 35.4 Å². The van der Waals surface area contributed by atoms with Crippen LogP contribution in [-0.2, 0) is 29.0 Å². The first-order chi connectivity index (χ1) is 12.7. The number of esters is 1. The van der Waals surface area contributed by atoms with Crippen LogP contribution < -0.4 is 10.6 Å². The van der Waals surface area contributed by atoms with E-state index in [1.165, 1.54) is 11.8 Å². The lowest BCUT2D eigenvalue weighted by atomic mass is 10.0. The molecule has 3 rings (SSSR count). The number of hydrogen-bond acceptors (Lipinski definition) is 7. The van der Waals surface area contributed by atoms with Gasteiger partial charge in [0.1, 0.15) is 0 Å². The minimum atomic E-state index is -3.15. The second-order valence-corrected chi connectivity index (χ2v) is 10.3. The molecule has 1 aromatic carbocycles. The lowest BCUT2D eigenvalue weighted by Gasteiger charge is -2.24. The summed E-state index contributed by atoms with van der Waals surface area (Å²) >= 11 is 1.27. The molecule has 0 bridgehead atoms. The predicted octanol–water partition coefficient (Wildman–Crippen LogP) is 0.726. The second kappa shape index (κ2) is 7.51. The summed E-state index contributed by atoms with van der Waals surface area (Å²) in [5.74, 6) is -1.61. The van der Waals surface area contributed by atoms with Crippen molar-refractivity contribution in [2.75, 3.05) is 23.4 Å². The van der Waals surface area contributed by atoms with E-state index in [0.717, 1.165) is 4.90 Å². The molecule has 2 aliphatic rings. The first-order valence-corrected chi connectivity index (χ1v) is 11.1. The zero-order chi connectivity index (χ0) is 19.7. The molecule has 0 aromatic heterocycles. The highest BCUT2D eigenvalue weighted by molar-refractivity contribution is 8.01. The number of sulfone groups is 1. The highest BCUT2D eigenvalue weighted by Gasteiger charge is 2.39. The van der Waals surface area contributed by atoms with Crippen molar-refractivity contribution < 1.29 is 27.5 Å². The first-order valence-electron chi connectivity index (χ1n) is 8.39. The normalized spacial score (nSPS) is 26.0. The largest absolute Gasteiger partial charge is 0.456 e. The van der Waals surface area contributed by atoms with Crippen molar-refractivity contribution in [1.82, 2.24) is 5.32 Å². The van der Waals surface area contributed by atoms with Crippen molar-refractivity contribution in [3.8, 4) is 0 Å². The van der Waals surface area contributed by atoms with E-state index in [1.54, 1.807) is 13.0 Å². The Morgan fingerprint density at radius 3 is 2.81 bits per heavy atom. The Balaban J connectivity index is 1.47. The Morgan fingerprint density at radius 1 is 1.37 bits per heavy atom. The fraction of sp³-hybridized carbons (Fsp3) is 0.471. The molecule has 0 saturated carbocycles. The summed E-state index contributed by atoms with van der Waals surface area (Å²) in [5, 5.41) is 4.72. The topological polar surface area (TPSA) is 119 Å². The summed E-state index contributed by atoms with van der Waals surface area (Å²) in [4.78, 5) is 36.9. The van der Waals surface area contributed by atoms with E-state index in [9.17, 15) is 22.8 Å². The van der Waals surface area contributed by atoms with E-state index in [1.807, 2.05) is 18.2 Å². The third-order valence-corrected chi connectivity index (χ3v) is 7.55. The summed E-state index contributed by atoms with van der Waals surface area (Å²) in [6.45, 7) is 1.14. The van der Waals surface area contributed by atoms with E-state index in [0.29, 0.717) is 12.1 Å². The number of fused-ring (bicyclic) bond motifs is 1. The van der Waals surface area contributed by atoms with E-state index in [-0.39, 0.29) is 23.8 Å². The van der Waals surface area contributed by atoms with E-state index >= 15 is 0 Å². The number of amides is 2. The zero-order valence-corrected chi connectivity index (χ0v) is 16.3. The molecular formula is C17H20N2O6S2. The molecule has 146 valence electrons. The molecule has 2 aliphatic heterocycles. The third kappa shape index (κ3) is 5.01. The number of ether oxygens (including phenoxy) is 1. The Kier molecular flexibility index (Phi) is 5.48. The summed E-state index contributed by atoms with van der Waals surface area (Å²) < 4.78 is 28.1. The molecule has 1 saturated heterocycles. The quantitative estimate of drug-likeness (QED) is 0.684. The molecule has 8 nitrogen and oxygen atoms in total. The molecule has 0 aliphatic carbocycles. The number of carbonyl (C=O) groups excluding carboxylic acids is 3. The van der Waals surface area contributed by atoms with Crippen LogP contribution in [0.1, 0.15) is 19.8 Å². The lowest BCUT2D eigenvalue weighted by molar-refractivity contribution is -0.149. The average Bonchev–Trinajstić information content (AvgIpc) is 2.86. The van der Waals surface area contributed by atoms with Crippen LogP contribution in [0.25, 0.3) is 0 Å². The maximum absolute atomic E-state index is 12.1. The van der Waals surface area contributed by atoms with Crippen LogP contribution in [0, 0.1) is 0 Å². The van der Waals surface area contributed by atoms with Gasteiger partial charge in [0.15, 0.2) is 16.4 Å². The fourth-order valence-corrected chi connectivity index (χ4v) is 6.25. The van der Waals surface area contributed by atoms with Crippen molar-refractivity contribution in [3.63, 3.8) is 0 Å². The monoisotopic (exact) mass is 412 g/mol. The second-order valence-electron chi connectivity index (χ2n) is 6.91. The van der Waals surface area contributed by atoms with Crippen LogP contribution in [-0.4, -0.2) is 55.1 Å². The fourth-order valence-electron chi connectivity index (χ4n) is 3.07. The van der Waals surface area contributed by atoms with Gasteiger partial charge >= 0.3 is 5.97 Å². The van der Waals surface area contributed by atoms with Gasteiger partial charge in [-0.05, 0) is 25.5 Å². The van der Waals surface area contributed by atoms with Crippen molar-refractivity contribution in [1.29, 1.82) is 0 Å². The Morgan fingerprint density at radius 2 is 2.11 bits per heavy atom. The van der Waals surface area contributed by atoms with Gasteiger partial charge in [-0.15, -0.1) is 11.8 Å². The Bertz CT molecular complexity index is 885. The van der Waals surface area contributed by atoms with Gasteiger partial charge in [-0.25, -0.2) is 8.42 Å². The zero-order valence-electron chi connectivity index (χ0n) is 14.7. The molecule has 0 radical (unpaired) electrons. The minimum absolute atomic E-state index is 0.0268. The minimum Gasteiger partial charge on any atom is -0.456 e. The maximum atomic E-state index is 12.1. The summed E-state index contributed by atoms with van der Waals surface area (Å²) in [6, 6.07) is 7.28. The first kappa shape index (κ1) is 19.7. The van der Waals surface area contributed by atoms with Gasteiger partial charge in [0.2, 0.25) is 5.91 Å². The van der Waals surface area contributed by atoms with E-state index in [2.05, 4.69) is 10.6 Å². The summed E-state index contributed by atoms with van der Waals surface area (Å²) in [6.07, 6.45) is 0.164. The Hall–Kier alpha value is -2.07. The highest BCUT2D eigenvalue weighted by Crippen LogP contribution is 2.36. The van der Waals surface area contributed by atoms with Crippen LogP contribution in [0.5, 0.6) is 0 Å². The summed E-state index contributed by atoms with van der Waals surface area (Å²) in [7, 11) is -3.15. The van der Waals surface area contributed by atoms with Crippen LogP contribution >= 0.6 is 11.8 Å². The smallest absolute Gasteiger partial charge is 0.307 e. The standard InChI is InChI=1S/C17H20N2O6S2/c1-17(6-7-27(23,24)10-17)19-14(20)9-25-15(21)8-13-16(22)18-11-4-2-3-5-12(11)26-13/h2-5,13H,6-10H2,1H3,(H,18,22)(H,19,20)/t13-,17+/m1/s1. The molecule has 2 amide bonds. The van der Waals surface area contributed by atoms with Gasteiger partial charge in [-0.2, -0.15) is 0 Å². The molecule has 10 heteroatoms. The SMILES string of the molecule is C[C@]1(NC(=O)COC(=O)C[C@H]2Sc3ccccc3NC2=O)CCS(=O)(=O)C1. The molecule has 1 fully saturated rings. The van der Waals surface area contributed by atoms with Crippen molar-refractivity contribution in [3.05, 3.63) is 24.3 Å². The highest BCUT2D eigenvalue weighted by atomic mass is 32.2. The number of para-hydroxylation sites is 1. The number of carbonyl (C=O) groups is 3. The summed E-state index contributed by atoms with van der Waals surface area (Å²) in [5.41, 5.74) is -0.137. The lowest BCUT2D eigenvalue weighted by Crippen LogP contribution is -2.48. The molecule has 2 atom stereocenters. The van der Waals surface area contributed by atoms with Gasteiger partial charge in [-0.3, -0.25) is 14.4 Å². The van der Waals surface area contributed by atoms with Gasteiger partial charge in [0.05, 0.1) is 34.4 Å². The molecule has 27 heavy (non-hydrogen) atoms.